The van der Waals surface area contributed by atoms with Crippen LogP contribution in [0.3, 0.4) is 0 Å². The van der Waals surface area contributed by atoms with Crippen molar-refractivity contribution in [3.63, 3.8) is 0 Å². The molecule has 0 radical (unpaired) electrons. The predicted octanol–water partition coefficient (Wildman–Crippen LogP) is 2.40. The molecule has 0 aromatic rings. The summed E-state index contributed by atoms with van der Waals surface area (Å²) in [6.07, 6.45) is 0.295. The fraction of sp³-hybridized carbons (Fsp3) is 1.00. The van der Waals surface area contributed by atoms with Crippen LogP contribution in [0.25, 0.3) is 0 Å². The maximum Gasteiger partial charge on any atom is 0.158 e. The quantitative estimate of drug-likeness (QED) is 0.619. The fourth-order valence-corrected chi connectivity index (χ4v) is 1.74. The summed E-state index contributed by atoms with van der Waals surface area (Å²) < 4.78 is 5.71. The molecule has 0 saturated heterocycles. The van der Waals surface area contributed by atoms with E-state index in [-0.39, 0.29) is 5.56 Å². The molecule has 0 bridgehead atoms. The Labute approximate surface area is 80.7 Å². The van der Waals surface area contributed by atoms with Crippen LogP contribution in [0.1, 0.15) is 27.7 Å². The van der Waals surface area contributed by atoms with Gasteiger partial charge in [0.15, 0.2) is 5.56 Å². The molecule has 0 aliphatic carbocycles. The van der Waals surface area contributed by atoms with E-state index in [0.29, 0.717) is 11.4 Å². The van der Waals surface area contributed by atoms with E-state index in [2.05, 4.69) is 32.6 Å². The first-order valence-electron chi connectivity index (χ1n) is 4.40. The Hall–Kier alpha value is 0.270. The molecule has 1 atom stereocenters. The number of thioether (sulfide) groups is 1. The molecule has 1 unspecified atom stereocenters. The Morgan fingerprint density at radius 1 is 1.08 bits per heavy atom. The van der Waals surface area contributed by atoms with E-state index < -0.39 is 0 Å². The maximum atomic E-state index is 5.71. The molecule has 12 heavy (non-hydrogen) atoms. The first kappa shape index (κ1) is 12.3. The van der Waals surface area contributed by atoms with Crippen LogP contribution in [-0.2, 0) is 4.74 Å². The highest BCUT2D eigenvalue weighted by Crippen LogP contribution is 2.21. The van der Waals surface area contributed by atoms with Crippen LogP contribution in [0.4, 0.5) is 0 Å². The van der Waals surface area contributed by atoms with Gasteiger partial charge in [0.25, 0.3) is 0 Å². The molecule has 0 amide bonds. The van der Waals surface area contributed by atoms with Crippen LogP contribution >= 0.6 is 11.8 Å². The van der Waals surface area contributed by atoms with Gasteiger partial charge in [0, 0.05) is 5.25 Å². The van der Waals surface area contributed by atoms with Gasteiger partial charge in [-0.05, 0) is 27.9 Å². The molecule has 0 aliphatic heterocycles. The molecule has 0 aliphatic rings. The lowest BCUT2D eigenvalue weighted by Crippen LogP contribution is -2.31. The van der Waals surface area contributed by atoms with E-state index in [1.807, 2.05) is 25.9 Å². The Morgan fingerprint density at radius 2 is 1.58 bits per heavy atom. The molecule has 0 spiro atoms. The molecule has 0 aromatic heterocycles. The van der Waals surface area contributed by atoms with Gasteiger partial charge in [-0.15, -0.1) is 11.8 Å². The lowest BCUT2D eigenvalue weighted by Gasteiger charge is -2.27. The Kier molecular flexibility index (Phi) is 5.97. The second-order valence-corrected chi connectivity index (χ2v) is 5.26. The third-order valence-corrected chi connectivity index (χ3v) is 2.51. The summed E-state index contributed by atoms with van der Waals surface area (Å²) in [5.41, 5.74) is 0.185. The van der Waals surface area contributed by atoms with Gasteiger partial charge in [-0.1, -0.05) is 13.8 Å². The Bertz CT molecular complexity index is 105. The van der Waals surface area contributed by atoms with E-state index in [4.69, 9.17) is 4.74 Å². The van der Waals surface area contributed by atoms with E-state index in [9.17, 15) is 0 Å². The minimum absolute atomic E-state index is 0.185. The molecule has 0 saturated carbocycles. The van der Waals surface area contributed by atoms with Crippen molar-refractivity contribution in [1.29, 1.82) is 0 Å². The predicted molar refractivity (Wildman–Crippen MR) is 56.4 cm³/mol. The first-order valence-corrected chi connectivity index (χ1v) is 5.35. The number of rotatable bonds is 5. The average molecular weight is 191 g/mol. The zero-order chi connectivity index (χ0) is 9.72. The van der Waals surface area contributed by atoms with Gasteiger partial charge >= 0.3 is 0 Å². The van der Waals surface area contributed by atoms with Crippen molar-refractivity contribution < 1.29 is 4.74 Å². The van der Waals surface area contributed by atoms with Gasteiger partial charge in [-0.3, -0.25) is 4.90 Å². The topological polar surface area (TPSA) is 12.5 Å². The molecule has 2 nitrogen and oxygen atoms in total. The largest absolute Gasteiger partial charge is 0.351 e. The summed E-state index contributed by atoms with van der Waals surface area (Å²) in [6, 6.07) is 0. The zero-order valence-corrected chi connectivity index (χ0v) is 9.81. The molecular weight excluding hydrogens is 170 g/mol. The van der Waals surface area contributed by atoms with Crippen LogP contribution in [0.5, 0.6) is 0 Å². The number of ether oxygens (including phenoxy) is 1. The van der Waals surface area contributed by atoms with E-state index in [1.54, 1.807) is 0 Å². The van der Waals surface area contributed by atoms with E-state index in [0.717, 1.165) is 0 Å². The third-order valence-electron chi connectivity index (χ3n) is 1.20. The molecule has 0 N–H and O–H groups in total. The normalized spacial score (nSPS) is 14.8. The zero-order valence-electron chi connectivity index (χ0n) is 9.00. The molecule has 0 fully saturated rings. The minimum atomic E-state index is 0.185. The van der Waals surface area contributed by atoms with Gasteiger partial charge in [0.05, 0.1) is 6.10 Å². The van der Waals surface area contributed by atoms with Crippen LogP contribution in [-0.4, -0.2) is 35.9 Å². The maximum absolute atomic E-state index is 5.71. The van der Waals surface area contributed by atoms with Crippen LogP contribution in [0.2, 0.25) is 0 Å². The van der Waals surface area contributed by atoms with Gasteiger partial charge in [0.2, 0.25) is 0 Å². The highest BCUT2D eigenvalue weighted by Gasteiger charge is 2.15. The Balaban J connectivity index is 3.87. The smallest absolute Gasteiger partial charge is 0.158 e. The van der Waals surface area contributed by atoms with Gasteiger partial charge in [-0.25, -0.2) is 0 Å². The summed E-state index contributed by atoms with van der Waals surface area (Å²) in [6.45, 7) is 8.50. The van der Waals surface area contributed by atoms with Crippen LogP contribution < -0.4 is 0 Å². The van der Waals surface area contributed by atoms with Gasteiger partial charge < -0.3 is 4.74 Å². The van der Waals surface area contributed by atoms with Crippen LogP contribution in [0.15, 0.2) is 0 Å². The van der Waals surface area contributed by atoms with Crippen molar-refractivity contribution in [1.82, 2.24) is 4.90 Å². The molecule has 3 heteroatoms. The first-order chi connectivity index (χ1) is 5.43. The SMILES string of the molecule is CC(C)OC(SC(C)C)N(C)C. The molecule has 74 valence electrons. The van der Waals surface area contributed by atoms with Crippen molar-refractivity contribution in [2.24, 2.45) is 0 Å². The van der Waals surface area contributed by atoms with E-state index >= 15 is 0 Å². The van der Waals surface area contributed by atoms with Crippen molar-refractivity contribution in [2.75, 3.05) is 14.1 Å². The lowest BCUT2D eigenvalue weighted by atomic mass is 10.5. The van der Waals surface area contributed by atoms with Gasteiger partial charge in [0.1, 0.15) is 0 Å². The molecule has 0 rings (SSSR count). The standard InChI is InChI=1S/C9H21NOS/c1-7(2)11-9(10(5)6)12-8(3)4/h7-9H,1-6H3. The number of nitrogens with zero attached hydrogens (tertiary/aromatic N) is 1. The monoisotopic (exact) mass is 191 g/mol. The highest BCUT2D eigenvalue weighted by molar-refractivity contribution is 8.00. The second-order valence-electron chi connectivity index (χ2n) is 3.64. The number of hydrogen-bond acceptors (Lipinski definition) is 3. The fourth-order valence-electron chi connectivity index (χ4n) is 0.741. The van der Waals surface area contributed by atoms with Crippen molar-refractivity contribution >= 4 is 11.8 Å². The molecular formula is C9H21NOS. The van der Waals surface area contributed by atoms with E-state index in [1.165, 1.54) is 0 Å². The minimum Gasteiger partial charge on any atom is -0.351 e. The van der Waals surface area contributed by atoms with Crippen LogP contribution in [0, 0.1) is 0 Å². The third kappa shape index (κ3) is 5.86. The summed E-state index contributed by atoms with van der Waals surface area (Å²) in [4.78, 5) is 2.10. The van der Waals surface area contributed by atoms with Gasteiger partial charge in [-0.2, -0.15) is 0 Å². The molecule has 0 heterocycles. The van der Waals surface area contributed by atoms with Crippen molar-refractivity contribution in [2.45, 2.75) is 44.6 Å². The number of hydrogen-bond donors (Lipinski definition) is 0. The summed E-state index contributed by atoms with van der Waals surface area (Å²) in [5.74, 6) is 0. The highest BCUT2D eigenvalue weighted by atomic mass is 32.2. The Morgan fingerprint density at radius 3 is 1.83 bits per heavy atom. The van der Waals surface area contributed by atoms with Crippen molar-refractivity contribution in [3.8, 4) is 0 Å². The molecule has 0 aromatic carbocycles. The lowest BCUT2D eigenvalue weighted by molar-refractivity contribution is -0.0108. The second kappa shape index (κ2) is 5.84. The average Bonchev–Trinajstić information content (AvgIpc) is 1.83. The summed E-state index contributed by atoms with van der Waals surface area (Å²) in [5, 5.41) is 0.608. The summed E-state index contributed by atoms with van der Waals surface area (Å²) >= 11 is 1.84. The van der Waals surface area contributed by atoms with Crippen molar-refractivity contribution in [3.05, 3.63) is 0 Å². The summed E-state index contributed by atoms with van der Waals surface area (Å²) in [7, 11) is 4.09.